The Morgan fingerprint density at radius 2 is 2.05 bits per heavy atom. The lowest BCUT2D eigenvalue weighted by molar-refractivity contribution is 0.514. The number of benzene rings is 1. The zero-order valence-corrected chi connectivity index (χ0v) is 13.0. The van der Waals surface area contributed by atoms with Crippen LogP contribution >= 0.6 is 0 Å². The highest BCUT2D eigenvalue weighted by atomic mass is 16.1. The molecule has 3 rings (SSSR count). The molecule has 0 amide bonds. The zero-order valence-electron chi connectivity index (χ0n) is 13.0. The van der Waals surface area contributed by atoms with Crippen LogP contribution < -0.4 is 5.56 Å². The number of hydrogen-bond acceptors (Lipinski definition) is 4. The number of aryl methyl sites for hydroxylation is 2. The van der Waals surface area contributed by atoms with Crippen molar-refractivity contribution in [1.29, 1.82) is 0 Å². The summed E-state index contributed by atoms with van der Waals surface area (Å²) in [5.74, 6) is 0.761. The molecular formula is C16H19N5O. The molecule has 1 atom stereocenters. The predicted molar refractivity (Wildman–Crippen MR) is 84.9 cm³/mol. The van der Waals surface area contributed by atoms with Gasteiger partial charge in [-0.15, -0.1) is 0 Å². The van der Waals surface area contributed by atoms with E-state index >= 15 is 0 Å². The smallest absolute Gasteiger partial charge is 0.261 e. The molecule has 0 spiro atoms. The van der Waals surface area contributed by atoms with Crippen molar-refractivity contribution in [3.05, 3.63) is 52.6 Å². The second-order valence-corrected chi connectivity index (χ2v) is 5.27. The van der Waals surface area contributed by atoms with E-state index < -0.39 is 0 Å². The lowest BCUT2D eigenvalue weighted by Gasteiger charge is -2.15. The Labute approximate surface area is 128 Å². The molecule has 0 N–H and O–H groups in total. The predicted octanol–water partition coefficient (Wildman–Crippen LogP) is 2.18. The van der Waals surface area contributed by atoms with Gasteiger partial charge < -0.3 is 0 Å². The largest absolute Gasteiger partial charge is 0.288 e. The first-order chi connectivity index (χ1) is 10.7. The summed E-state index contributed by atoms with van der Waals surface area (Å²) in [7, 11) is 0. The lowest BCUT2D eigenvalue weighted by Crippen LogP contribution is -2.26. The number of fused-ring (bicyclic) bond motifs is 1. The first-order valence-corrected chi connectivity index (χ1v) is 7.53. The molecular weight excluding hydrogens is 278 g/mol. The first kappa shape index (κ1) is 14.4. The maximum atomic E-state index is 12.8. The van der Waals surface area contributed by atoms with Gasteiger partial charge in [-0.3, -0.25) is 9.36 Å². The molecule has 0 saturated carbocycles. The summed E-state index contributed by atoms with van der Waals surface area (Å²) in [5.41, 5.74) is 1.81. The third kappa shape index (κ3) is 2.30. The SMILES string of the molecule is CCc1ccc2ncn([C@H](C)c3ncnn3CC)c(=O)c2c1. The van der Waals surface area contributed by atoms with Crippen LogP contribution in [0.4, 0.5) is 0 Å². The van der Waals surface area contributed by atoms with E-state index in [9.17, 15) is 4.79 Å². The van der Waals surface area contributed by atoms with Gasteiger partial charge in [-0.1, -0.05) is 13.0 Å². The molecule has 0 aliphatic heterocycles. The second-order valence-electron chi connectivity index (χ2n) is 5.27. The molecule has 22 heavy (non-hydrogen) atoms. The van der Waals surface area contributed by atoms with Crippen LogP contribution in [0.1, 0.15) is 38.2 Å². The molecule has 2 heterocycles. The minimum atomic E-state index is -0.211. The Hall–Kier alpha value is -2.50. The van der Waals surface area contributed by atoms with E-state index in [2.05, 4.69) is 22.0 Å². The zero-order chi connectivity index (χ0) is 15.7. The number of nitrogens with zero attached hydrogens (tertiary/aromatic N) is 5. The monoisotopic (exact) mass is 297 g/mol. The fourth-order valence-electron chi connectivity index (χ4n) is 2.64. The Kier molecular flexibility index (Phi) is 3.75. The average molecular weight is 297 g/mol. The molecule has 0 radical (unpaired) electrons. The van der Waals surface area contributed by atoms with E-state index in [4.69, 9.17) is 0 Å². The average Bonchev–Trinajstić information content (AvgIpc) is 3.03. The molecule has 0 fully saturated rings. The van der Waals surface area contributed by atoms with Crippen molar-refractivity contribution < 1.29 is 0 Å². The van der Waals surface area contributed by atoms with E-state index in [1.165, 1.54) is 6.33 Å². The number of hydrogen-bond donors (Lipinski definition) is 0. The van der Waals surface area contributed by atoms with Crippen LogP contribution in [0.2, 0.25) is 0 Å². The van der Waals surface area contributed by atoms with Gasteiger partial charge in [0, 0.05) is 6.54 Å². The Morgan fingerprint density at radius 3 is 2.77 bits per heavy atom. The van der Waals surface area contributed by atoms with Crippen molar-refractivity contribution in [1.82, 2.24) is 24.3 Å². The van der Waals surface area contributed by atoms with Crippen LogP contribution in [0.3, 0.4) is 0 Å². The molecule has 0 aliphatic carbocycles. The van der Waals surface area contributed by atoms with Crippen molar-refractivity contribution in [2.45, 2.75) is 39.8 Å². The molecule has 2 aromatic heterocycles. The Morgan fingerprint density at radius 1 is 1.23 bits per heavy atom. The van der Waals surface area contributed by atoms with Gasteiger partial charge >= 0.3 is 0 Å². The van der Waals surface area contributed by atoms with Crippen LogP contribution in [-0.2, 0) is 13.0 Å². The van der Waals surface area contributed by atoms with Crippen molar-refractivity contribution >= 4 is 10.9 Å². The molecule has 6 heteroatoms. The van der Waals surface area contributed by atoms with Crippen molar-refractivity contribution in [3.63, 3.8) is 0 Å². The van der Waals surface area contributed by atoms with E-state index in [0.717, 1.165) is 29.9 Å². The topological polar surface area (TPSA) is 65.6 Å². The fourth-order valence-corrected chi connectivity index (χ4v) is 2.64. The first-order valence-electron chi connectivity index (χ1n) is 7.53. The standard InChI is InChI=1S/C16H19N5O/c1-4-12-6-7-14-13(8-12)16(22)20(10-18-14)11(3)15-17-9-19-21(15)5-2/h6-11H,4-5H2,1-3H3/t11-/m1/s1. The lowest BCUT2D eigenvalue weighted by atomic mass is 10.1. The Bertz CT molecular complexity index is 864. The number of rotatable bonds is 4. The summed E-state index contributed by atoms with van der Waals surface area (Å²) in [6.07, 6.45) is 4.00. The van der Waals surface area contributed by atoms with Gasteiger partial charge in [-0.2, -0.15) is 5.10 Å². The van der Waals surface area contributed by atoms with E-state index in [-0.39, 0.29) is 11.6 Å². The fraction of sp³-hybridized carbons (Fsp3) is 0.375. The van der Waals surface area contributed by atoms with Gasteiger partial charge in [0.05, 0.1) is 23.3 Å². The molecule has 0 unspecified atom stereocenters. The molecule has 0 aliphatic rings. The summed E-state index contributed by atoms with van der Waals surface area (Å²) in [4.78, 5) is 21.5. The number of aromatic nitrogens is 5. The summed E-state index contributed by atoms with van der Waals surface area (Å²) in [5, 5.41) is 4.82. The molecule has 1 aromatic carbocycles. The van der Waals surface area contributed by atoms with Gasteiger partial charge in [-0.25, -0.2) is 14.6 Å². The van der Waals surface area contributed by atoms with Gasteiger partial charge in [0.1, 0.15) is 12.2 Å². The summed E-state index contributed by atoms with van der Waals surface area (Å²) >= 11 is 0. The van der Waals surface area contributed by atoms with Crippen molar-refractivity contribution in [2.75, 3.05) is 0 Å². The molecule has 3 aromatic rings. The van der Waals surface area contributed by atoms with Gasteiger partial charge in [0.25, 0.3) is 5.56 Å². The van der Waals surface area contributed by atoms with Crippen LogP contribution in [0.25, 0.3) is 10.9 Å². The molecule has 0 bridgehead atoms. The summed E-state index contributed by atoms with van der Waals surface area (Å²) in [6, 6.07) is 5.63. The molecule has 114 valence electrons. The highest BCUT2D eigenvalue weighted by Gasteiger charge is 2.17. The van der Waals surface area contributed by atoms with Crippen LogP contribution in [-0.4, -0.2) is 24.3 Å². The third-order valence-corrected chi connectivity index (χ3v) is 3.99. The minimum absolute atomic E-state index is 0.0431. The Balaban J connectivity index is 2.15. The maximum Gasteiger partial charge on any atom is 0.261 e. The van der Waals surface area contributed by atoms with Gasteiger partial charge in [-0.05, 0) is 38.0 Å². The van der Waals surface area contributed by atoms with Crippen LogP contribution in [0.5, 0.6) is 0 Å². The third-order valence-electron chi connectivity index (χ3n) is 3.99. The van der Waals surface area contributed by atoms with Gasteiger partial charge in [0.15, 0.2) is 0 Å². The summed E-state index contributed by atoms with van der Waals surface area (Å²) in [6.45, 7) is 6.73. The molecule has 0 saturated heterocycles. The van der Waals surface area contributed by atoms with Crippen LogP contribution in [0, 0.1) is 0 Å². The normalized spacial score (nSPS) is 12.7. The highest BCUT2D eigenvalue weighted by molar-refractivity contribution is 5.78. The second kappa shape index (κ2) is 5.71. The highest BCUT2D eigenvalue weighted by Crippen LogP contribution is 2.16. The van der Waals surface area contributed by atoms with E-state index in [0.29, 0.717) is 5.39 Å². The quantitative estimate of drug-likeness (QED) is 0.740. The van der Waals surface area contributed by atoms with Crippen LogP contribution in [0.15, 0.2) is 35.6 Å². The van der Waals surface area contributed by atoms with E-state index in [1.54, 1.807) is 15.6 Å². The van der Waals surface area contributed by atoms with Crippen molar-refractivity contribution in [3.8, 4) is 0 Å². The van der Waals surface area contributed by atoms with Gasteiger partial charge in [0.2, 0.25) is 0 Å². The maximum absolute atomic E-state index is 12.8. The van der Waals surface area contributed by atoms with Crippen molar-refractivity contribution in [2.24, 2.45) is 0 Å². The molecule has 6 nitrogen and oxygen atoms in total. The summed E-state index contributed by atoms with van der Waals surface area (Å²) < 4.78 is 3.42. The minimum Gasteiger partial charge on any atom is -0.288 e. The van der Waals surface area contributed by atoms with E-state index in [1.807, 2.05) is 32.0 Å².